The smallest absolute Gasteiger partial charge is 0.334 e. The van der Waals surface area contributed by atoms with E-state index < -0.39 is 0 Å². The van der Waals surface area contributed by atoms with E-state index in [9.17, 15) is 4.79 Å². The van der Waals surface area contributed by atoms with Gasteiger partial charge in [-0.2, -0.15) is 0 Å². The Hall–Kier alpha value is -2.81. The number of carbonyl (C=O) groups is 1. The Kier molecular flexibility index (Phi) is 3.08. The lowest BCUT2D eigenvalue weighted by Gasteiger charge is -2.15. The summed E-state index contributed by atoms with van der Waals surface area (Å²) in [5.41, 5.74) is 5.02. The van der Waals surface area contributed by atoms with Crippen LogP contribution in [0.2, 0.25) is 0 Å². The molecule has 1 saturated heterocycles. The van der Waals surface area contributed by atoms with Crippen molar-refractivity contribution in [2.24, 2.45) is 7.05 Å². The SMILES string of the molecule is C=C1C[C@@H](c2ccccc2-c2ccc3c(ccn3C)c2)OC1=O. The van der Waals surface area contributed by atoms with Crippen molar-refractivity contribution in [2.75, 3.05) is 0 Å². The number of aryl methyl sites for hydroxylation is 1. The zero-order valence-electron chi connectivity index (χ0n) is 13.0. The van der Waals surface area contributed by atoms with Crippen molar-refractivity contribution in [1.29, 1.82) is 0 Å². The van der Waals surface area contributed by atoms with Crippen LogP contribution in [-0.4, -0.2) is 10.5 Å². The molecule has 114 valence electrons. The maximum absolute atomic E-state index is 11.7. The summed E-state index contributed by atoms with van der Waals surface area (Å²) in [4.78, 5) is 11.7. The topological polar surface area (TPSA) is 31.2 Å². The van der Waals surface area contributed by atoms with E-state index >= 15 is 0 Å². The van der Waals surface area contributed by atoms with E-state index in [0.717, 1.165) is 16.7 Å². The maximum Gasteiger partial charge on any atom is 0.334 e. The van der Waals surface area contributed by atoms with Crippen molar-refractivity contribution >= 4 is 16.9 Å². The monoisotopic (exact) mass is 303 g/mol. The average Bonchev–Trinajstić information content (AvgIpc) is 3.10. The van der Waals surface area contributed by atoms with Crippen LogP contribution in [0.4, 0.5) is 0 Å². The summed E-state index contributed by atoms with van der Waals surface area (Å²) in [6.45, 7) is 3.78. The van der Waals surface area contributed by atoms with Crippen molar-refractivity contribution in [1.82, 2.24) is 4.57 Å². The molecule has 1 aromatic heterocycles. The van der Waals surface area contributed by atoms with Gasteiger partial charge >= 0.3 is 5.97 Å². The second kappa shape index (κ2) is 5.13. The highest BCUT2D eigenvalue weighted by atomic mass is 16.5. The molecule has 0 amide bonds. The minimum Gasteiger partial charge on any atom is -0.454 e. The van der Waals surface area contributed by atoms with Gasteiger partial charge in [-0.3, -0.25) is 0 Å². The predicted octanol–water partition coefficient (Wildman–Crippen LogP) is 4.39. The van der Waals surface area contributed by atoms with Crippen LogP contribution in [0.1, 0.15) is 18.1 Å². The molecule has 0 radical (unpaired) electrons. The van der Waals surface area contributed by atoms with E-state index in [-0.39, 0.29) is 12.1 Å². The molecule has 23 heavy (non-hydrogen) atoms. The van der Waals surface area contributed by atoms with Crippen molar-refractivity contribution in [2.45, 2.75) is 12.5 Å². The predicted molar refractivity (Wildman–Crippen MR) is 90.9 cm³/mol. The molecule has 1 aliphatic heterocycles. The summed E-state index contributed by atoms with van der Waals surface area (Å²) in [7, 11) is 2.04. The molecule has 2 heterocycles. The summed E-state index contributed by atoms with van der Waals surface area (Å²) in [6.07, 6.45) is 2.38. The number of ether oxygens (including phenoxy) is 1. The number of aromatic nitrogens is 1. The zero-order chi connectivity index (χ0) is 16.0. The molecule has 0 unspecified atom stereocenters. The number of rotatable bonds is 2. The Morgan fingerprint density at radius 1 is 1.17 bits per heavy atom. The van der Waals surface area contributed by atoms with Crippen LogP contribution in [-0.2, 0) is 16.6 Å². The largest absolute Gasteiger partial charge is 0.454 e. The summed E-state index contributed by atoms with van der Waals surface area (Å²) >= 11 is 0. The molecule has 0 aliphatic carbocycles. The van der Waals surface area contributed by atoms with Gasteiger partial charge in [0.25, 0.3) is 0 Å². The van der Waals surface area contributed by atoms with Gasteiger partial charge in [0.1, 0.15) is 6.10 Å². The zero-order valence-corrected chi connectivity index (χ0v) is 13.0. The van der Waals surface area contributed by atoms with Crippen LogP contribution in [0.25, 0.3) is 22.0 Å². The van der Waals surface area contributed by atoms with Gasteiger partial charge < -0.3 is 9.30 Å². The van der Waals surface area contributed by atoms with Gasteiger partial charge in [0.05, 0.1) is 0 Å². The van der Waals surface area contributed by atoms with Gasteiger partial charge in [0.2, 0.25) is 0 Å². The summed E-state index contributed by atoms with van der Waals surface area (Å²) in [5.74, 6) is -0.289. The number of carbonyl (C=O) groups excluding carboxylic acids is 1. The van der Waals surface area contributed by atoms with Gasteiger partial charge in [0.15, 0.2) is 0 Å². The first-order chi connectivity index (χ1) is 11.1. The Bertz CT molecular complexity index is 920. The molecule has 1 fully saturated rings. The number of hydrogen-bond acceptors (Lipinski definition) is 2. The Labute approximate surface area is 134 Å². The Balaban J connectivity index is 1.82. The van der Waals surface area contributed by atoms with E-state index in [1.807, 2.05) is 25.2 Å². The molecule has 0 N–H and O–H groups in total. The van der Waals surface area contributed by atoms with Gasteiger partial charge in [-0.1, -0.05) is 36.9 Å². The molecule has 3 heteroatoms. The third-order valence-electron chi connectivity index (χ3n) is 4.47. The van der Waals surface area contributed by atoms with Crippen LogP contribution in [0.15, 0.2) is 66.9 Å². The van der Waals surface area contributed by atoms with E-state index in [0.29, 0.717) is 12.0 Å². The molecule has 2 aromatic carbocycles. The highest BCUT2D eigenvalue weighted by molar-refractivity contribution is 5.91. The number of benzene rings is 2. The average molecular weight is 303 g/mol. The molecule has 1 atom stereocenters. The van der Waals surface area contributed by atoms with Crippen LogP contribution in [0.3, 0.4) is 0 Å². The molecule has 0 bridgehead atoms. The summed E-state index contributed by atoms with van der Waals surface area (Å²) < 4.78 is 7.58. The number of cyclic esters (lactones) is 1. The van der Waals surface area contributed by atoms with E-state index in [4.69, 9.17) is 4.74 Å². The third kappa shape index (κ3) is 2.25. The highest BCUT2D eigenvalue weighted by Crippen LogP contribution is 2.38. The number of hydrogen-bond donors (Lipinski definition) is 0. The highest BCUT2D eigenvalue weighted by Gasteiger charge is 2.30. The number of esters is 1. The fourth-order valence-electron chi connectivity index (χ4n) is 3.22. The quantitative estimate of drug-likeness (QED) is 0.519. The van der Waals surface area contributed by atoms with Crippen molar-refractivity contribution in [3.8, 4) is 11.1 Å². The molecular weight excluding hydrogens is 286 g/mol. The molecule has 0 saturated carbocycles. The van der Waals surface area contributed by atoms with Gasteiger partial charge in [-0.15, -0.1) is 0 Å². The fraction of sp³-hybridized carbons (Fsp3) is 0.150. The molecule has 3 aromatic rings. The molecule has 3 nitrogen and oxygen atoms in total. The van der Waals surface area contributed by atoms with Crippen LogP contribution in [0.5, 0.6) is 0 Å². The normalized spacial score (nSPS) is 17.7. The Morgan fingerprint density at radius 3 is 2.78 bits per heavy atom. The third-order valence-corrected chi connectivity index (χ3v) is 4.47. The van der Waals surface area contributed by atoms with Crippen LogP contribution in [0, 0.1) is 0 Å². The fourth-order valence-corrected chi connectivity index (χ4v) is 3.22. The van der Waals surface area contributed by atoms with Crippen molar-refractivity contribution in [3.05, 3.63) is 72.4 Å². The van der Waals surface area contributed by atoms with Crippen molar-refractivity contribution < 1.29 is 9.53 Å². The Morgan fingerprint density at radius 2 is 2.00 bits per heavy atom. The first-order valence-corrected chi connectivity index (χ1v) is 7.66. The van der Waals surface area contributed by atoms with E-state index in [2.05, 4.69) is 47.7 Å². The van der Waals surface area contributed by atoms with Crippen LogP contribution < -0.4 is 0 Å². The van der Waals surface area contributed by atoms with Crippen molar-refractivity contribution in [3.63, 3.8) is 0 Å². The van der Waals surface area contributed by atoms with Gasteiger partial charge in [0, 0.05) is 41.7 Å². The number of fused-ring (bicyclic) bond motifs is 1. The molecule has 0 spiro atoms. The first-order valence-electron chi connectivity index (χ1n) is 7.66. The lowest BCUT2D eigenvalue weighted by Crippen LogP contribution is -2.00. The first kappa shape index (κ1) is 13.8. The molecular formula is C20H17NO2. The van der Waals surface area contributed by atoms with Crippen LogP contribution >= 0.6 is 0 Å². The maximum atomic E-state index is 11.7. The lowest BCUT2D eigenvalue weighted by atomic mass is 9.94. The minimum absolute atomic E-state index is 0.238. The second-order valence-corrected chi connectivity index (χ2v) is 5.99. The molecule has 4 rings (SSSR count). The van der Waals surface area contributed by atoms with Gasteiger partial charge in [-0.25, -0.2) is 4.79 Å². The standard InChI is InChI=1S/C20H17NO2/c1-13-11-19(23-20(13)22)17-6-4-3-5-16(17)14-7-8-18-15(12-14)9-10-21(18)2/h3-10,12,19H,1,11H2,2H3/t19-/m0/s1. The van der Waals surface area contributed by atoms with E-state index in [1.54, 1.807) is 0 Å². The minimum atomic E-state index is -0.289. The van der Waals surface area contributed by atoms with Gasteiger partial charge in [-0.05, 0) is 29.3 Å². The summed E-state index contributed by atoms with van der Waals surface area (Å²) in [6, 6.07) is 16.6. The van der Waals surface area contributed by atoms with E-state index in [1.165, 1.54) is 10.9 Å². The second-order valence-electron chi connectivity index (χ2n) is 5.99. The number of nitrogens with zero attached hydrogens (tertiary/aromatic N) is 1. The lowest BCUT2D eigenvalue weighted by molar-refractivity contribution is -0.139. The molecule has 1 aliphatic rings. The summed E-state index contributed by atoms with van der Waals surface area (Å²) in [5, 5.41) is 1.20.